The second-order valence-electron chi connectivity index (χ2n) is 24.1. The van der Waals surface area contributed by atoms with Crippen LogP contribution in [0.4, 0.5) is 22.7 Å². The van der Waals surface area contributed by atoms with Crippen molar-refractivity contribution in [3.8, 4) is 11.5 Å². The quantitative estimate of drug-likeness (QED) is 0.0162. The van der Waals surface area contributed by atoms with Crippen molar-refractivity contribution in [2.75, 3.05) is 154 Å². The predicted octanol–water partition coefficient (Wildman–Crippen LogP) is 9.84. The monoisotopic (exact) mass is 1480 g/mol. The van der Waals surface area contributed by atoms with Gasteiger partial charge in [-0.2, -0.15) is 0 Å². The van der Waals surface area contributed by atoms with E-state index in [0.717, 1.165) is 60.7 Å². The number of nitrogens with one attached hydrogen (secondary N) is 2. The molecule has 0 aromatic heterocycles. The van der Waals surface area contributed by atoms with E-state index in [1.807, 2.05) is 30.6 Å². The summed E-state index contributed by atoms with van der Waals surface area (Å²) >= 11 is 7.23. The smallest absolute Gasteiger partial charge is 0.262 e. The number of ether oxygens (including phenoxy) is 8. The topological polar surface area (TPSA) is 251 Å². The van der Waals surface area contributed by atoms with Gasteiger partial charge >= 0.3 is 0 Å². The molecule has 2 N–H and O–H groups in total. The van der Waals surface area contributed by atoms with Crippen molar-refractivity contribution < 1.29 is 76.3 Å². The van der Waals surface area contributed by atoms with Crippen molar-refractivity contribution >= 4 is 109 Å². The minimum Gasteiger partial charge on any atom is -0.491 e. The largest absolute Gasteiger partial charge is 0.491 e. The summed E-state index contributed by atoms with van der Waals surface area (Å²) < 4.78 is 44.5. The van der Waals surface area contributed by atoms with Gasteiger partial charge in [-0.05, 0) is 131 Å². The molecule has 26 heteroatoms. The van der Waals surface area contributed by atoms with E-state index in [-0.39, 0.29) is 73.4 Å². The third-order valence-corrected chi connectivity index (χ3v) is 20.0. The van der Waals surface area contributed by atoms with Crippen LogP contribution in [0.15, 0.2) is 153 Å². The fourth-order valence-corrected chi connectivity index (χ4v) is 14.5. The SMILES string of the molecule is BrCCCN1c2ccccc2Sc2ccccc21.CN(CCCN1c2ccccc2Sc2ccccc21)CCOCCOCCOCCOc1ccc2c(c1)C(=O)N(C1CCC(=O)CC1=O)C2=O.CNCCOCCOCCOCCOc1ccc2c(c1)C(=O)N(C1CCC(=O)NC1=O)C2=O. The number of Topliss-reactive ketones (excluding diaryl/α,β-unsaturated/α-hetero) is 2. The van der Waals surface area contributed by atoms with Crippen LogP contribution in [0.3, 0.4) is 0 Å². The van der Waals surface area contributed by atoms with Crippen LogP contribution in [0.5, 0.6) is 11.5 Å². The first-order chi connectivity index (χ1) is 49.3. The zero-order chi connectivity index (χ0) is 70.9. The number of benzene rings is 6. The van der Waals surface area contributed by atoms with Gasteiger partial charge in [-0.25, -0.2) is 0 Å². The molecule has 5 aliphatic heterocycles. The van der Waals surface area contributed by atoms with Crippen molar-refractivity contribution in [1.82, 2.24) is 25.3 Å². The molecular formula is C75H86BrN7O16S2. The number of imide groups is 3. The summed E-state index contributed by atoms with van der Waals surface area (Å²) in [6, 6.07) is 41.9. The normalized spacial score (nSPS) is 16.6. The number of amides is 6. The Labute approximate surface area is 605 Å². The summed E-state index contributed by atoms with van der Waals surface area (Å²) in [7, 11) is 3.99. The standard InChI is InChI=1S/C38H43N3O8S.C22H29N3O8.C15H14BrNS/c1-39(15-6-16-40-32-7-2-4-9-35(32)50-36-10-5-3-8-33(36)40)17-18-46-19-20-47-21-22-48-23-24-49-28-12-13-29-30(26-28)38(45)41(37(29)44)31-14-11-27(42)25-34(31)43;1-23-6-7-30-8-9-31-10-11-32-12-13-33-15-2-3-16-17(14-15)22(29)25(21(16)28)18-4-5-19(26)24-20(18)27;16-10-5-11-17-12-6-1-3-8-14(12)18-15-9-4-2-7-13(15)17/h2-5,7-10,12-13,26,31H,6,11,14-25H2,1H3;2-3,14,18,23H,4-13H2,1H3,(H,24,26,27);1-4,6-9H,5,10-11H2. The molecule has 6 aromatic carbocycles. The van der Waals surface area contributed by atoms with Gasteiger partial charge in [0.1, 0.15) is 36.5 Å². The highest BCUT2D eigenvalue weighted by atomic mass is 79.9. The zero-order valence-electron chi connectivity index (χ0n) is 56.9. The Morgan fingerprint density at radius 1 is 0.475 bits per heavy atom. The molecule has 1 saturated heterocycles. The minimum atomic E-state index is -0.991. The predicted molar refractivity (Wildman–Crippen MR) is 386 cm³/mol. The van der Waals surface area contributed by atoms with Gasteiger partial charge in [0.2, 0.25) is 11.8 Å². The van der Waals surface area contributed by atoms with Crippen LogP contribution in [0, 0.1) is 0 Å². The maximum atomic E-state index is 13.0. The lowest BCUT2D eigenvalue weighted by Gasteiger charge is -2.33. The molecule has 1 aliphatic carbocycles. The molecule has 101 heavy (non-hydrogen) atoms. The summed E-state index contributed by atoms with van der Waals surface area (Å²) in [6.07, 6.45) is 2.49. The van der Waals surface area contributed by atoms with Crippen LogP contribution in [0.25, 0.3) is 0 Å². The first-order valence-corrected chi connectivity index (χ1v) is 36.9. The van der Waals surface area contributed by atoms with Crippen LogP contribution in [0.1, 0.15) is 86.4 Å². The van der Waals surface area contributed by atoms with E-state index in [4.69, 9.17) is 37.9 Å². The Morgan fingerprint density at radius 3 is 1.33 bits per heavy atom. The average molecular weight is 1490 g/mol. The van der Waals surface area contributed by atoms with Crippen LogP contribution >= 0.6 is 39.5 Å². The molecule has 6 aromatic rings. The molecule has 0 bridgehead atoms. The van der Waals surface area contributed by atoms with Gasteiger partial charge < -0.3 is 57.9 Å². The third kappa shape index (κ3) is 20.5. The molecule has 2 unspecified atom stereocenters. The summed E-state index contributed by atoms with van der Waals surface area (Å²) in [6.45, 7) is 10.8. The van der Waals surface area contributed by atoms with Crippen molar-refractivity contribution in [2.45, 2.75) is 76.6 Å². The van der Waals surface area contributed by atoms with E-state index in [9.17, 15) is 38.4 Å². The molecule has 0 spiro atoms. The molecule has 6 aliphatic rings. The van der Waals surface area contributed by atoms with Gasteiger partial charge in [-0.15, -0.1) is 0 Å². The Kier molecular flexibility index (Phi) is 29.2. The van der Waals surface area contributed by atoms with Gasteiger partial charge in [0, 0.05) is 63.9 Å². The number of carbonyl (C=O) groups is 8. The molecule has 6 amide bonds. The number of halogens is 1. The lowest BCUT2D eigenvalue weighted by molar-refractivity contribution is -0.136. The second-order valence-corrected chi connectivity index (χ2v) is 27.1. The number of hydrogen-bond acceptors (Lipinski definition) is 22. The molecule has 12 rings (SSSR count). The first kappa shape index (κ1) is 75.8. The fourth-order valence-electron chi connectivity index (χ4n) is 12.1. The van der Waals surface area contributed by atoms with Crippen molar-refractivity contribution in [3.63, 3.8) is 0 Å². The number of carbonyl (C=O) groups excluding carboxylic acids is 8. The molecule has 0 radical (unpaired) electrons. The fraction of sp³-hybridized carbons (Fsp3) is 0.413. The van der Waals surface area contributed by atoms with Crippen molar-refractivity contribution in [3.05, 3.63) is 156 Å². The number of fused-ring (bicyclic) bond motifs is 6. The van der Waals surface area contributed by atoms with Gasteiger partial charge in [-0.1, -0.05) is 88.0 Å². The highest BCUT2D eigenvalue weighted by molar-refractivity contribution is 9.09. The van der Waals surface area contributed by atoms with Gasteiger partial charge in [0.15, 0.2) is 5.78 Å². The summed E-state index contributed by atoms with van der Waals surface area (Å²) in [5.74, 6) is -2.93. The molecule has 2 atom stereocenters. The molecule has 536 valence electrons. The first-order valence-electron chi connectivity index (χ1n) is 34.1. The molecule has 23 nitrogen and oxygen atoms in total. The highest BCUT2D eigenvalue weighted by Gasteiger charge is 2.46. The number of ketones is 2. The number of nitrogens with zero attached hydrogens (tertiary/aromatic N) is 5. The van der Waals surface area contributed by atoms with Gasteiger partial charge in [0.05, 0.1) is 137 Å². The van der Waals surface area contributed by atoms with Crippen LogP contribution < -0.4 is 29.9 Å². The summed E-state index contributed by atoms with van der Waals surface area (Å²) in [5, 5.41) is 6.20. The maximum Gasteiger partial charge on any atom is 0.262 e. The van der Waals surface area contributed by atoms with Crippen LogP contribution in [0.2, 0.25) is 0 Å². The number of hydrogen-bond donors (Lipinski definition) is 2. The maximum absolute atomic E-state index is 13.0. The minimum absolute atomic E-state index is 0.0770. The van der Waals surface area contributed by atoms with Gasteiger partial charge in [-0.3, -0.25) is 53.5 Å². The van der Waals surface area contributed by atoms with Crippen LogP contribution in [-0.4, -0.2) is 218 Å². The van der Waals surface area contributed by atoms with E-state index < -0.39 is 53.3 Å². The zero-order valence-corrected chi connectivity index (χ0v) is 60.1. The van der Waals surface area contributed by atoms with E-state index in [1.165, 1.54) is 66.6 Å². The Balaban J connectivity index is 0.000000183. The molecule has 1 saturated carbocycles. The lowest BCUT2D eigenvalue weighted by atomic mass is 9.92. The number of piperidine rings is 1. The summed E-state index contributed by atoms with van der Waals surface area (Å²) in [4.78, 5) is 113. The lowest BCUT2D eigenvalue weighted by Crippen LogP contribution is -2.54. The number of rotatable bonds is 35. The van der Waals surface area contributed by atoms with Gasteiger partial charge in [0.25, 0.3) is 23.6 Å². The van der Waals surface area contributed by atoms with E-state index >= 15 is 0 Å². The Bertz CT molecular complexity index is 3780. The van der Waals surface area contributed by atoms with E-state index in [0.29, 0.717) is 90.8 Å². The van der Waals surface area contributed by atoms with Crippen LogP contribution in [-0.2, 0) is 47.6 Å². The highest BCUT2D eigenvalue weighted by Crippen LogP contribution is 2.49. The number of likely N-dealkylation sites (N-methyl/N-ethyl adjacent to an activating group) is 2. The van der Waals surface area contributed by atoms with E-state index in [1.54, 1.807) is 12.1 Å². The van der Waals surface area contributed by atoms with Crippen molar-refractivity contribution in [2.24, 2.45) is 0 Å². The second kappa shape index (κ2) is 39.0. The third-order valence-electron chi connectivity index (χ3n) is 17.1. The molecule has 2 fully saturated rings. The number of alkyl halides is 1. The molecular weight excluding hydrogens is 1400 g/mol. The Morgan fingerprint density at radius 2 is 0.881 bits per heavy atom. The number of para-hydroxylation sites is 4. The summed E-state index contributed by atoms with van der Waals surface area (Å²) in [5.41, 5.74) is 6.04. The van der Waals surface area contributed by atoms with Crippen molar-refractivity contribution in [1.29, 1.82) is 0 Å². The Hall–Kier alpha value is -7.86. The average Bonchev–Trinajstić information content (AvgIpc) is 1.71. The van der Waals surface area contributed by atoms with E-state index in [2.05, 4.69) is 145 Å². The molecule has 5 heterocycles. The number of anilines is 4.